The molecule has 4 nitrogen and oxygen atoms in total. The predicted molar refractivity (Wildman–Crippen MR) is 59.7 cm³/mol. The Morgan fingerprint density at radius 2 is 2.00 bits per heavy atom. The molecule has 0 aliphatic heterocycles. The Balaban J connectivity index is 2.95. The van der Waals surface area contributed by atoms with Crippen LogP contribution >= 0.6 is 0 Å². The average Bonchev–Trinajstić information content (AvgIpc) is 2.15. The number of hydrogen-bond donors (Lipinski definition) is 1. The Bertz CT molecular complexity index is 303. The number of anilines is 2. The summed E-state index contributed by atoms with van der Waals surface area (Å²) in [6.07, 6.45) is 1.76. The van der Waals surface area contributed by atoms with Gasteiger partial charge in [0.15, 0.2) is 0 Å². The minimum Gasteiger partial charge on any atom is -0.357 e. The number of nitrogens with zero attached hydrogens (tertiary/aromatic N) is 3. The molecular formula is C10H18N4. The first-order chi connectivity index (χ1) is 6.45. The van der Waals surface area contributed by atoms with Crippen molar-refractivity contribution in [3.63, 3.8) is 0 Å². The van der Waals surface area contributed by atoms with Crippen molar-refractivity contribution in [1.82, 2.24) is 9.97 Å². The van der Waals surface area contributed by atoms with Gasteiger partial charge in [-0.05, 0) is 26.8 Å². The molecule has 0 aromatic carbocycles. The zero-order chi connectivity index (χ0) is 10.8. The van der Waals surface area contributed by atoms with Crippen LogP contribution in [0.25, 0.3) is 0 Å². The van der Waals surface area contributed by atoms with Crippen molar-refractivity contribution in [2.45, 2.75) is 26.3 Å². The summed E-state index contributed by atoms with van der Waals surface area (Å²) in [7, 11) is 3.85. The third kappa shape index (κ3) is 2.34. The molecule has 0 saturated heterocycles. The van der Waals surface area contributed by atoms with Crippen LogP contribution in [-0.2, 0) is 0 Å². The fraction of sp³-hybridized carbons (Fsp3) is 0.600. The molecule has 0 saturated carbocycles. The minimum absolute atomic E-state index is 0.0688. The quantitative estimate of drug-likeness (QED) is 0.778. The SMILES string of the molecule is CNc1nccc(N(C)C(C)(C)C)n1. The molecular weight excluding hydrogens is 176 g/mol. The molecule has 1 aromatic rings. The highest BCUT2D eigenvalue weighted by molar-refractivity contribution is 5.43. The first kappa shape index (κ1) is 10.8. The summed E-state index contributed by atoms with van der Waals surface area (Å²) >= 11 is 0. The lowest BCUT2D eigenvalue weighted by atomic mass is 10.1. The van der Waals surface area contributed by atoms with Gasteiger partial charge in [0.1, 0.15) is 5.82 Å². The number of nitrogens with one attached hydrogen (secondary N) is 1. The molecule has 14 heavy (non-hydrogen) atoms. The lowest BCUT2D eigenvalue weighted by molar-refractivity contribution is 0.534. The van der Waals surface area contributed by atoms with Crippen LogP contribution < -0.4 is 10.2 Å². The Morgan fingerprint density at radius 3 is 2.50 bits per heavy atom. The molecule has 0 aliphatic rings. The molecule has 1 rings (SSSR count). The largest absolute Gasteiger partial charge is 0.357 e. The van der Waals surface area contributed by atoms with Gasteiger partial charge in [0.2, 0.25) is 5.95 Å². The van der Waals surface area contributed by atoms with Gasteiger partial charge in [0.25, 0.3) is 0 Å². The Morgan fingerprint density at radius 1 is 1.36 bits per heavy atom. The molecule has 0 spiro atoms. The summed E-state index contributed by atoms with van der Waals surface area (Å²) < 4.78 is 0. The minimum atomic E-state index is 0.0688. The molecule has 0 unspecified atom stereocenters. The van der Waals surface area contributed by atoms with Crippen molar-refractivity contribution in [2.24, 2.45) is 0 Å². The highest BCUT2D eigenvalue weighted by Crippen LogP contribution is 2.19. The van der Waals surface area contributed by atoms with E-state index in [1.165, 1.54) is 0 Å². The van der Waals surface area contributed by atoms with Gasteiger partial charge >= 0.3 is 0 Å². The monoisotopic (exact) mass is 194 g/mol. The number of hydrogen-bond acceptors (Lipinski definition) is 4. The first-order valence-corrected chi connectivity index (χ1v) is 4.70. The highest BCUT2D eigenvalue weighted by atomic mass is 15.2. The van der Waals surface area contributed by atoms with Gasteiger partial charge in [-0.3, -0.25) is 0 Å². The van der Waals surface area contributed by atoms with E-state index in [4.69, 9.17) is 0 Å². The third-order valence-electron chi connectivity index (χ3n) is 2.21. The summed E-state index contributed by atoms with van der Waals surface area (Å²) in [6.45, 7) is 6.44. The molecule has 4 heteroatoms. The van der Waals surface area contributed by atoms with Crippen molar-refractivity contribution >= 4 is 11.8 Å². The maximum absolute atomic E-state index is 4.36. The van der Waals surface area contributed by atoms with Crippen molar-refractivity contribution in [3.05, 3.63) is 12.3 Å². The molecule has 0 amide bonds. The Kier molecular flexibility index (Phi) is 2.93. The van der Waals surface area contributed by atoms with Gasteiger partial charge in [-0.2, -0.15) is 4.98 Å². The van der Waals surface area contributed by atoms with Crippen LogP contribution in [0.1, 0.15) is 20.8 Å². The van der Waals surface area contributed by atoms with Crippen LogP contribution in [0.15, 0.2) is 12.3 Å². The fourth-order valence-corrected chi connectivity index (χ4v) is 1.00. The van der Waals surface area contributed by atoms with E-state index in [2.05, 4.69) is 41.0 Å². The van der Waals surface area contributed by atoms with E-state index in [0.29, 0.717) is 5.95 Å². The van der Waals surface area contributed by atoms with Crippen LogP contribution in [0.2, 0.25) is 0 Å². The molecule has 0 radical (unpaired) electrons. The third-order valence-corrected chi connectivity index (χ3v) is 2.21. The summed E-state index contributed by atoms with van der Waals surface area (Å²) in [5, 5.41) is 2.92. The lowest BCUT2D eigenvalue weighted by Gasteiger charge is -2.32. The van der Waals surface area contributed by atoms with Gasteiger partial charge < -0.3 is 10.2 Å². The molecule has 0 bridgehead atoms. The summed E-state index contributed by atoms with van der Waals surface area (Å²) in [5.74, 6) is 1.58. The zero-order valence-corrected chi connectivity index (χ0v) is 9.50. The van der Waals surface area contributed by atoms with Gasteiger partial charge in [0, 0.05) is 25.8 Å². The molecule has 1 heterocycles. The summed E-state index contributed by atoms with van der Waals surface area (Å²) in [5.41, 5.74) is 0.0688. The molecule has 1 aromatic heterocycles. The van der Waals surface area contributed by atoms with Crippen molar-refractivity contribution in [3.8, 4) is 0 Å². The summed E-state index contributed by atoms with van der Waals surface area (Å²) in [6, 6.07) is 1.91. The highest BCUT2D eigenvalue weighted by Gasteiger charge is 2.18. The van der Waals surface area contributed by atoms with Gasteiger partial charge in [-0.1, -0.05) is 0 Å². The maximum atomic E-state index is 4.36. The smallest absolute Gasteiger partial charge is 0.224 e. The predicted octanol–water partition coefficient (Wildman–Crippen LogP) is 1.75. The van der Waals surface area contributed by atoms with E-state index in [1.807, 2.05) is 20.2 Å². The number of rotatable bonds is 2. The molecule has 1 N–H and O–H groups in total. The molecule has 0 fully saturated rings. The zero-order valence-electron chi connectivity index (χ0n) is 9.50. The molecule has 0 atom stereocenters. The van der Waals surface area contributed by atoms with E-state index in [9.17, 15) is 0 Å². The van der Waals surface area contributed by atoms with Crippen LogP contribution in [0, 0.1) is 0 Å². The Hall–Kier alpha value is -1.32. The van der Waals surface area contributed by atoms with Crippen LogP contribution in [0.5, 0.6) is 0 Å². The average molecular weight is 194 g/mol. The van der Waals surface area contributed by atoms with Gasteiger partial charge in [0.05, 0.1) is 0 Å². The van der Waals surface area contributed by atoms with Crippen molar-refractivity contribution in [1.29, 1.82) is 0 Å². The van der Waals surface area contributed by atoms with E-state index in [-0.39, 0.29) is 5.54 Å². The van der Waals surface area contributed by atoms with Gasteiger partial charge in [-0.15, -0.1) is 0 Å². The second-order valence-electron chi connectivity index (χ2n) is 4.22. The van der Waals surface area contributed by atoms with E-state index in [1.54, 1.807) is 6.20 Å². The fourth-order valence-electron chi connectivity index (χ4n) is 1.00. The van der Waals surface area contributed by atoms with E-state index in [0.717, 1.165) is 5.82 Å². The van der Waals surface area contributed by atoms with Crippen molar-refractivity contribution < 1.29 is 0 Å². The number of aromatic nitrogens is 2. The van der Waals surface area contributed by atoms with Gasteiger partial charge in [-0.25, -0.2) is 4.98 Å². The van der Waals surface area contributed by atoms with Crippen LogP contribution in [0.4, 0.5) is 11.8 Å². The van der Waals surface area contributed by atoms with Crippen LogP contribution in [0.3, 0.4) is 0 Å². The van der Waals surface area contributed by atoms with E-state index >= 15 is 0 Å². The molecule has 0 aliphatic carbocycles. The van der Waals surface area contributed by atoms with Crippen LogP contribution in [-0.4, -0.2) is 29.6 Å². The topological polar surface area (TPSA) is 41.1 Å². The molecule has 78 valence electrons. The second kappa shape index (κ2) is 3.82. The second-order valence-corrected chi connectivity index (χ2v) is 4.22. The van der Waals surface area contributed by atoms with E-state index < -0.39 is 0 Å². The maximum Gasteiger partial charge on any atom is 0.224 e. The lowest BCUT2D eigenvalue weighted by Crippen LogP contribution is -2.38. The van der Waals surface area contributed by atoms with Crippen molar-refractivity contribution in [2.75, 3.05) is 24.3 Å². The standard InChI is InChI=1S/C10H18N4/c1-10(2,3)14(5)8-6-7-12-9(11-4)13-8/h6-7H,1-5H3,(H,11,12,13). The summed E-state index contributed by atoms with van der Waals surface area (Å²) in [4.78, 5) is 10.6. The normalized spacial score (nSPS) is 11.2. The first-order valence-electron chi connectivity index (χ1n) is 4.70. The Labute approximate surface area is 85.4 Å².